The number of amides is 1. The molecule has 2 N–H and O–H groups in total. The summed E-state index contributed by atoms with van der Waals surface area (Å²) in [7, 11) is 0. The molecule has 0 saturated heterocycles. The van der Waals surface area contributed by atoms with E-state index >= 15 is 0 Å². The minimum absolute atomic E-state index is 0.0903. The molecule has 2 aromatic rings. The maximum Gasteiger partial charge on any atom is 0.408 e. The van der Waals surface area contributed by atoms with Crippen LogP contribution in [0.15, 0.2) is 35.7 Å². The lowest BCUT2D eigenvalue weighted by Crippen LogP contribution is -2.46. The Hall–Kier alpha value is -2.41. The van der Waals surface area contributed by atoms with Crippen molar-refractivity contribution < 1.29 is 19.8 Å². The predicted octanol–water partition coefficient (Wildman–Crippen LogP) is 3.83. The summed E-state index contributed by atoms with van der Waals surface area (Å²) in [6, 6.07) is 8.69. The van der Waals surface area contributed by atoms with E-state index < -0.39 is 18.1 Å². The fourth-order valence-corrected chi connectivity index (χ4v) is 3.37. The molecule has 1 unspecified atom stereocenters. The molecular weight excluding hydrogens is 340 g/mol. The van der Waals surface area contributed by atoms with Crippen LogP contribution in [0, 0.1) is 5.92 Å². The molecule has 2 rings (SSSR count). The normalized spacial score (nSPS) is 12.1. The number of carboxylic acids is 1. The third-order valence-electron chi connectivity index (χ3n) is 3.79. The van der Waals surface area contributed by atoms with Crippen LogP contribution in [0.4, 0.5) is 4.79 Å². The minimum Gasteiger partial charge on any atom is -0.480 e. The molecule has 0 aliphatic heterocycles. The fourth-order valence-electron chi connectivity index (χ4n) is 2.58. The topological polar surface area (TPSA) is 90.7 Å². The first-order chi connectivity index (χ1) is 11.9. The molecule has 0 bridgehead atoms. The van der Waals surface area contributed by atoms with Crippen molar-refractivity contribution in [2.24, 2.45) is 5.92 Å². The zero-order valence-electron chi connectivity index (χ0n) is 14.3. The van der Waals surface area contributed by atoms with Gasteiger partial charge in [0.2, 0.25) is 0 Å². The minimum atomic E-state index is -1.21. The van der Waals surface area contributed by atoms with E-state index in [-0.39, 0.29) is 18.9 Å². The van der Waals surface area contributed by atoms with Crippen LogP contribution < -0.4 is 0 Å². The van der Waals surface area contributed by atoms with E-state index in [1.165, 1.54) is 11.3 Å². The third-order valence-corrected chi connectivity index (χ3v) is 4.70. The van der Waals surface area contributed by atoms with Crippen LogP contribution in [0.5, 0.6) is 0 Å². The van der Waals surface area contributed by atoms with Crippen LogP contribution in [0.25, 0.3) is 11.3 Å². The number of rotatable bonds is 8. The molecule has 25 heavy (non-hydrogen) atoms. The average Bonchev–Trinajstić information content (AvgIpc) is 3.03. The van der Waals surface area contributed by atoms with Crippen LogP contribution in [-0.2, 0) is 11.2 Å². The lowest BCUT2D eigenvalue weighted by atomic mass is 10.0. The first-order valence-electron chi connectivity index (χ1n) is 8.10. The molecule has 1 aromatic carbocycles. The molecule has 1 amide bonds. The fraction of sp³-hybridized carbons (Fsp3) is 0.389. The summed E-state index contributed by atoms with van der Waals surface area (Å²) in [6.45, 7) is 3.87. The Kier molecular flexibility index (Phi) is 6.52. The van der Waals surface area contributed by atoms with Crippen LogP contribution in [0.2, 0.25) is 0 Å². The van der Waals surface area contributed by atoms with Crippen molar-refractivity contribution in [1.82, 2.24) is 9.88 Å². The second-order valence-electron chi connectivity index (χ2n) is 6.20. The van der Waals surface area contributed by atoms with Gasteiger partial charge in [-0.2, -0.15) is 0 Å². The van der Waals surface area contributed by atoms with Crippen molar-refractivity contribution in [2.45, 2.75) is 32.7 Å². The second-order valence-corrected chi connectivity index (χ2v) is 7.14. The van der Waals surface area contributed by atoms with Gasteiger partial charge in [-0.05, 0) is 12.3 Å². The lowest BCUT2D eigenvalue weighted by molar-refractivity contribution is -0.143. The van der Waals surface area contributed by atoms with E-state index in [1.807, 2.05) is 49.6 Å². The molecule has 1 heterocycles. The summed E-state index contributed by atoms with van der Waals surface area (Å²) in [5.74, 6) is -1.02. The van der Waals surface area contributed by atoms with Gasteiger partial charge in [0.1, 0.15) is 6.04 Å². The van der Waals surface area contributed by atoms with E-state index in [0.717, 1.165) is 21.2 Å². The lowest BCUT2D eigenvalue weighted by Gasteiger charge is -2.27. The average molecular weight is 362 g/mol. The van der Waals surface area contributed by atoms with Crippen LogP contribution in [0.1, 0.15) is 25.3 Å². The van der Waals surface area contributed by atoms with Gasteiger partial charge in [-0.1, -0.05) is 44.2 Å². The second kappa shape index (κ2) is 8.62. The van der Waals surface area contributed by atoms with Gasteiger partial charge in [0.25, 0.3) is 0 Å². The summed E-state index contributed by atoms with van der Waals surface area (Å²) in [4.78, 5) is 28.5. The highest BCUT2D eigenvalue weighted by Gasteiger charge is 2.30. The molecule has 0 fully saturated rings. The maximum absolute atomic E-state index is 11.5. The van der Waals surface area contributed by atoms with Crippen molar-refractivity contribution in [3.8, 4) is 11.3 Å². The summed E-state index contributed by atoms with van der Waals surface area (Å²) in [6.07, 6.45) is -0.534. The zero-order valence-corrected chi connectivity index (χ0v) is 15.1. The molecule has 0 spiro atoms. The first kappa shape index (κ1) is 18.9. The number of nitrogens with zero attached hydrogens (tertiary/aromatic N) is 2. The van der Waals surface area contributed by atoms with Crippen LogP contribution >= 0.6 is 11.3 Å². The maximum atomic E-state index is 11.5. The molecule has 134 valence electrons. The molecule has 0 radical (unpaired) electrons. The van der Waals surface area contributed by atoms with E-state index in [2.05, 4.69) is 4.98 Å². The van der Waals surface area contributed by atoms with Crippen molar-refractivity contribution in [1.29, 1.82) is 0 Å². The molecule has 0 aliphatic rings. The SMILES string of the molecule is CC(C)CC(C(=O)O)N(CCc1nc(-c2ccccc2)cs1)C(=O)O. The van der Waals surface area contributed by atoms with Gasteiger partial charge in [0, 0.05) is 23.9 Å². The van der Waals surface area contributed by atoms with Gasteiger partial charge in [0.05, 0.1) is 10.7 Å². The highest BCUT2D eigenvalue weighted by Crippen LogP contribution is 2.22. The molecule has 1 atom stereocenters. The Balaban J connectivity index is 2.07. The van der Waals surface area contributed by atoms with E-state index in [0.29, 0.717) is 6.42 Å². The van der Waals surface area contributed by atoms with E-state index in [1.54, 1.807) is 0 Å². The van der Waals surface area contributed by atoms with Gasteiger partial charge in [0.15, 0.2) is 0 Å². The summed E-state index contributed by atoms with van der Waals surface area (Å²) >= 11 is 1.45. The van der Waals surface area contributed by atoms with Crippen LogP contribution in [0.3, 0.4) is 0 Å². The number of benzene rings is 1. The number of aromatic nitrogens is 1. The van der Waals surface area contributed by atoms with Crippen molar-refractivity contribution in [3.63, 3.8) is 0 Å². The van der Waals surface area contributed by atoms with E-state index in [4.69, 9.17) is 0 Å². The highest BCUT2D eigenvalue weighted by atomic mass is 32.1. The molecule has 0 saturated carbocycles. The Morgan fingerprint density at radius 2 is 1.88 bits per heavy atom. The highest BCUT2D eigenvalue weighted by molar-refractivity contribution is 7.09. The van der Waals surface area contributed by atoms with Crippen molar-refractivity contribution in [3.05, 3.63) is 40.7 Å². The molecule has 6 nitrogen and oxygen atoms in total. The smallest absolute Gasteiger partial charge is 0.408 e. The number of hydrogen-bond acceptors (Lipinski definition) is 4. The summed E-state index contributed by atoms with van der Waals surface area (Å²) in [5.41, 5.74) is 1.85. The van der Waals surface area contributed by atoms with Gasteiger partial charge in [-0.15, -0.1) is 11.3 Å². The Bertz CT molecular complexity index is 715. The number of hydrogen-bond donors (Lipinski definition) is 2. The largest absolute Gasteiger partial charge is 0.480 e. The number of thiazole rings is 1. The van der Waals surface area contributed by atoms with E-state index in [9.17, 15) is 19.8 Å². The molecule has 0 aliphatic carbocycles. The van der Waals surface area contributed by atoms with Gasteiger partial charge >= 0.3 is 12.1 Å². The third kappa shape index (κ3) is 5.29. The number of carboxylic acid groups (broad SMARTS) is 2. The summed E-state index contributed by atoms with van der Waals surface area (Å²) < 4.78 is 0. The Morgan fingerprint density at radius 3 is 2.44 bits per heavy atom. The van der Waals surface area contributed by atoms with Crippen molar-refractivity contribution >= 4 is 23.4 Å². The van der Waals surface area contributed by atoms with Gasteiger partial charge in [-0.3, -0.25) is 4.90 Å². The zero-order chi connectivity index (χ0) is 18.4. The molecule has 7 heteroatoms. The first-order valence-corrected chi connectivity index (χ1v) is 8.98. The monoisotopic (exact) mass is 362 g/mol. The molecular formula is C18H22N2O4S. The standard InChI is InChI=1S/C18H22N2O4S/c1-12(2)10-15(17(21)22)20(18(23)24)9-8-16-19-14(11-25-16)13-6-4-3-5-7-13/h3-7,11-12,15H,8-10H2,1-2H3,(H,21,22)(H,23,24). The summed E-state index contributed by atoms with van der Waals surface area (Å²) in [5, 5.41) is 21.5. The van der Waals surface area contributed by atoms with Crippen molar-refractivity contribution in [2.75, 3.05) is 6.54 Å². The predicted molar refractivity (Wildman–Crippen MR) is 96.9 cm³/mol. The Morgan fingerprint density at radius 1 is 1.20 bits per heavy atom. The number of carbonyl (C=O) groups is 2. The molecule has 1 aromatic heterocycles. The van der Waals surface area contributed by atoms with Gasteiger partial charge < -0.3 is 10.2 Å². The van der Waals surface area contributed by atoms with Crippen LogP contribution in [-0.4, -0.2) is 44.7 Å². The Labute approximate surface area is 150 Å². The van der Waals surface area contributed by atoms with Gasteiger partial charge in [-0.25, -0.2) is 14.6 Å². The number of aliphatic carboxylic acids is 1. The quantitative estimate of drug-likeness (QED) is 0.745.